The number of carbonyl (C=O) groups is 1. The molecule has 0 spiro atoms. The van der Waals surface area contributed by atoms with Crippen molar-refractivity contribution >= 4 is 11.5 Å². The van der Waals surface area contributed by atoms with E-state index in [4.69, 9.17) is 11.5 Å². The van der Waals surface area contributed by atoms with Gasteiger partial charge < -0.3 is 11.5 Å². The molecule has 1 fully saturated rings. The number of nitrogens with two attached hydrogens (primary N) is 2. The normalized spacial score (nSPS) is 18.6. The van der Waals surface area contributed by atoms with Crippen molar-refractivity contribution in [3.05, 3.63) is 24.0 Å². The highest BCUT2D eigenvalue weighted by atomic mass is 16.1. The van der Waals surface area contributed by atoms with Crippen molar-refractivity contribution in [2.24, 2.45) is 5.73 Å². The number of anilines is 1. The summed E-state index contributed by atoms with van der Waals surface area (Å²) < 4.78 is 0. The first-order valence-corrected chi connectivity index (χ1v) is 4.67. The Labute approximate surface area is 82.3 Å². The van der Waals surface area contributed by atoms with Crippen LogP contribution in [0.2, 0.25) is 0 Å². The monoisotopic (exact) mass is 191 g/mol. The maximum absolute atomic E-state index is 11.9. The van der Waals surface area contributed by atoms with Crippen LogP contribution in [0.1, 0.15) is 29.6 Å². The van der Waals surface area contributed by atoms with E-state index < -0.39 is 5.54 Å². The van der Waals surface area contributed by atoms with Crippen LogP contribution in [0.4, 0.5) is 5.69 Å². The van der Waals surface area contributed by atoms with E-state index in [-0.39, 0.29) is 5.78 Å². The predicted octanol–water partition coefficient (Wildman–Crippen LogP) is 0.728. The van der Waals surface area contributed by atoms with Crippen LogP contribution in [-0.2, 0) is 0 Å². The highest BCUT2D eigenvalue weighted by molar-refractivity contribution is 6.07. The fraction of sp³-hybridized carbons (Fsp3) is 0.400. The standard InChI is InChI=1S/C10H13N3O/c11-8-2-5-13-6-7(8)9(14)10(12)3-1-4-10/h2,5-6H,1,3-4,12H2,(H2,11,13). The number of rotatable bonds is 2. The molecule has 4 heteroatoms. The molecule has 0 radical (unpaired) electrons. The Morgan fingerprint density at radius 2 is 2.21 bits per heavy atom. The fourth-order valence-corrected chi connectivity index (χ4v) is 1.65. The number of pyridine rings is 1. The van der Waals surface area contributed by atoms with E-state index in [0.717, 1.165) is 19.3 Å². The second-order valence-electron chi connectivity index (χ2n) is 3.80. The van der Waals surface area contributed by atoms with Gasteiger partial charge in [0.05, 0.1) is 11.1 Å². The molecule has 74 valence electrons. The van der Waals surface area contributed by atoms with E-state index in [1.807, 2.05) is 0 Å². The summed E-state index contributed by atoms with van der Waals surface area (Å²) in [5.41, 5.74) is 11.8. The van der Waals surface area contributed by atoms with E-state index in [1.54, 1.807) is 12.3 Å². The lowest BCUT2D eigenvalue weighted by molar-refractivity contribution is 0.0801. The summed E-state index contributed by atoms with van der Waals surface area (Å²) in [7, 11) is 0. The Kier molecular flexibility index (Phi) is 2.00. The summed E-state index contributed by atoms with van der Waals surface area (Å²) >= 11 is 0. The van der Waals surface area contributed by atoms with E-state index in [9.17, 15) is 4.79 Å². The summed E-state index contributed by atoms with van der Waals surface area (Å²) in [6.45, 7) is 0. The molecule has 4 nitrogen and oxygen atoms in total. The number of Topliss-reactive ketones (excluding diaryl/α,β-unsaturated/α-hetero) is 1. The highest BCUT2D eigenvalue weighted by Crippen LogP contribution is 2.33. The van der Waals surface area contributed by atoms with Crippen molar-refractivity contribution in [2.75, 3.05) is 5.73 Å². The Morgan fingerprint density at radius 1 is 1.50 bits per heavy atom. The zero-order valence-corrected chi connectivity index (χ0v) is 7.86. The molecule has 0 saturated heterocycles. The van der Waals surface area contributed by atoms with Gasteiger partial charge in [-0.25, -0.2) is 0 Å². The molecule has 1 saturated carbocycles. The average molecular weight is 191 g/mol. The molecule has 0 aromatic carbocycles. The van der Waals surface area contributed by atoms with E-state index in [2.05, 4.69) is 4.98 Å². The lowest BCUT2D eigenvalue weighted by Gasteiger charge is -2.36. The van der Waals surface area contributed by atoms with Gasteiger partial charge in [0, 0.05) is 18.1 Å². The van der Waals surface area contributed by atoms with Gasteiger partial charge in [-0.3, -0.25) is 9.78 Å². The van der Waals surface area contributed by atoms with Crippen molar-refractivity contribution in [1.82, 2.24) is 4.98 Å². The van der Waals surface area contributed by atoms with Crippen LogP contribution in [0.25, 0.3) is 0 Å². The Bertz CT molecular complexity index is 371. The molecule has 14 heavy (non-hydrogen) atoms. The van der Waals surface area contributed by atoms with Gasteiger partial charge in [0.2, 0.25) is 0 Å². The maximum atomic E-state index is 11.9. The first-order valence-electron chi connectivity index (χ1n) is 4.67. The summed E-state index contributed by atoms with van der Waals surface area (Å²) in [6.07, 6.45) is 5.57. The average Bonchev–Trinajstić information content (AvgIpc) is 2.14. The highest BCUT2D eigenvalue weighted by Gasteiger charge is 2.41. The van der Waals surface area contributed by atoms with Crippen LogP contribution < -0.4 is 11.5 Å². The van der Waals surface area contributed by atoms with E-state index >= 15 is 0 Å². The Hall–Kier alpha value is -1.42. The zero-order valence-electron chi connectivity index (χ0n) is 7.86. The molecule has 0 aliphatic heterocycles. The third-order valence-corrected chi connectivity index (χ3v) is 2.80. The van der Waals surface area contributed by atoms with Crippen molar-refractivity contribution in [2.45, 2.75) is 24.8 Å². The van der Waals surface area contributed by atoms with Gasteiger partial charge >= 0.3 is 0 Å². The maximum Gasteiger partial charge on any atom is 0.186 e. The summed E-state index contributed by atoms with van der Waals surface area (Å²) in [5.74, 6) is -0.0747. The number of ketones is 1. The minimum atomic E-state index is -0.683. The molecule has 2 rings (SSSR count). The minimum absolute atomic E-state index is 0.0747. The number of nitrogen functional groups attached to an aromatic ring is 1. The molecule has 1 aliphatic rings. The third-order valence-electron chi connectivity index (χ3n) is 2.80. The second-order valence-corrected chi connectivity index (χ2v) is 3.80. The molecule has 4 N–H and O–H groups in total. The fourth-order valence-electron chi connectivity index (χ4n) is 1.65. The van der Waals surface area contributed by atoms with Gasteiger partial charge in [0.1, 0.15) is 0 Å². The molecular formula is C10H13N3O. The SMILES string of the molecule is Nc1ccncc1C(=O)C1(N)CCC1. The van der Waals surface area contributed by atoms with E-state index in [0.29, 0.717) is 11.3 Å². The number of hydrogen-bond donors (Lipinski definition) is 2. The van der Waals surface area contributed by atoms with Gasteiger partial charge in [0.15, 0.2) is 5.78 Å². The molecule has 1 aliphatic carbocycles. The number of aromatic nitrogens is 1. The molecule has 0 atom stereocenters. The predicted molar refractivity (Wildman–Crippen MR) is 53.7 cm³/mol. The first-order chi connectivity index (χ1) is 6.63. The topological polar surface area (TPSA) is 82.0 Å². The van der Waals surface area contributed by atoms with Gasteiger partial charge in [-0.2, -0.15) is 0 Å². The van der Waals surface area contributed by atoms with Crippen molar-refractivity contribution < 1.29 is 4.79 Å². The molecule has 0 amide bonds. The van der Waals surface area contributed by atoms with Gasteiger partial charge in [0.25, 0.3) is 0 Å². The van der Waals surface area contributed by atoms with E-state index in [1.165, 1.54) is 6.20 Å². The van der Waals surface area contributed by atoms with Crippen LogP contribution in [0, 0.1) is 0 Å². The van der Waals surface area contributed by atoms with Crippen molar-refractivity contribution in [3.63, 3.8) is 0 Å². The minimum Gasteiger partial charge on any atom is -0.398 e. The molecular weight excluding hydrogens is 178 g/mol. The van der Waals surface area contributed by atoms with Crippen molar-refractivity contribution in [3.8, 4) is 0 Å². The number of carbonyl (C=O) groups excluding carboxylic acids is 1. The smallest absolute Gasteiger partial charge is 0.186 e. The lowest BCUT2D eigenvalue weighted by atomic mass is 9.73. The second kappa shape index (κ2) is 3.06. The molecule has 1 aromatic heterocycles. The lowest BCUT2D eigenvalue weighted by Crippen LogP contribution is -2.53. The third kappa shape index (κ3) is 1.28. The molecule has 1 heterocycles. The Morgan fingerprint density at radius 3 is 2.71 bits per heavy atom. The summed E-state index contributed by atoms with van der Waals surface area (Å²) in [5, 5.41) is 0. The van der Waals surface area contributed by atoms with Gasteiger partial charge in [-0.1, -0.05) is 0 Å². The van der Waals surface area contributed by atoms with Gasteiger partial charge in [-0.05, 0) is 25.3 Å². The van der Waals surface area contributed by atoms with Crippen molar-refractivity contribution in [1.29, 1.82) is 0 Å². The Balaban J connectivity index is 2.32. The molecule has 0 unspecified atom stereocenters. The quantitative estimate of drug-likeness (QED) is 0.675. The van der Waals surface area contributed by atoms with Crippen LogP contribution in [-0.4, -0.2) is 16.3 Å². The summed E-state index contributed by atoms with van der Waals surface area (Å²) in [6, 6.07) is 1.62. The summed E-state index contributed by atoms with van der Waals surface area (Å²) in [4.78, 5) is 15.8. The zero-order chi connectivity index (χ0) is 10.2. The van der Waals surface area contributed by atoms with Crippen LogP contribution in [0.5, 0.6) is 0 Å². The number of hydrogen-bond acceptors (Lipinski definition) is 4. The van der Waals surface area contributed by atoms with Gasteiger partial charge in [-0.15, -0.1) is 0 Å². The molecule has 1 aromatic rings. The number of nitrogens with zero attached hydrogens (tertiary/aromatic N) is 1. The largest absolute Gasteiger partial charge is 0.398 e. The van der Waals surface area contributed by atoms with Crippen LogP contribution in [0.15, 0.2) is 18.5 Å². The van der Waals surface area contributed by atoms with Crippen LogP contribution in [0.3, 0.4) is 0 Å². The van der Waals surface area contributed by atoms with Crippen LogP contribution >= 0.6 is 0 Å². The molecule has 0 bridgehead atoms. The first kappa shape index (κ1) is 9.15.